The Morgan fingerprint density at radius 2 is 1.91 bits per heavy atom. The molecule has 1 unspecified atom stereocenters. The van der Waals surface area contributed by atoms with Gasteiger partial charge in [-0.1, -0.05) is 35.3 Å². The van der Waals surface area contributed by atoms with Crippen LogP contribution in [0.2, 0.25) is 10.0 Å². The third-order valence-corrected chi connectivity index (χ3v) is 4.42. The molecule has 2 aromatic rings. The van der Waals surface area contributed by atoms with E-state index < -0.39 is 6.10 Å². The second kappa shape index (κ2) is 7.88. The smallest absolute Gasteiger partial charge is 0.252 e. The lowest BCUT2D eigenvalue weighted by atomic mass is 10.1. The summed E-state index contributed by atoms with van der Waals surface area (Å²) in [5.74, 6) is -0.346. The molecular formula is C16H15Cl2NO2S. The van der Waals surface area contributed by atoms with Gasteiger partial charge in [-0.3, -0.25) is 4.79 Å². The molecule has 0 aliphatic carbocycles. The Balaban J connectivity index is 1.97. The maximum absolute atomic E-state index is 12.1. The van der Waals surface area contributed by atoms with Gasteiger partial charge < -0.3 is 10.4 Å². The summed E-state index contributed by atoms with van der Waals surface area (Å²) in [7, 11) is 0. The average molecular weight is 356 g/mol. The van der Waals surface area contributed by atoms with Gasteiger partial charge >= 0.3 is 0 Å². The number of carbonyl (C=O) groups is 1. The van der Waals surface area contributed by atoms with E-state index in [0.717, 1.165) is 10.5 Å². The average Bonchev–Trinajstić information content (AvgIpc) is 2.52. The van der Waals surface area contributed by atoms with Crippen LogP contribution in [-0.2, 0) is 0 Å². The number of rotatable bonds is 5. The summed E-state index contributed by atoms with van der Waals surface area (Å²) in [4.78, 5) is 13.2. The largest absolute Gasteiger partial charge is 0.387 e. The number of halogens is 2. The molecule has 2 N–H and O–H groups in total. The zero-order chi connectivity index (χ0) is 16.1. The first-order chi connectivity index (χ1) is 10.5. The summed E-state index contributed by atoms with van der Waals surface area (Å²) in [6.45, 7) is 0.108. The monoisotopic (exact) mass is 355 g/mol. The minimum absolute atomic E-state index is 0.108. The lowest BCUT2D eigenvalue weighted by Gasteiger charge is -2.13. The predicted molar refractivity (Wildman–Crippen MR) is 92.0 cm³/mol. The van der Waals surface area contributed by atoms with Crippen molar-refractivity contribution in [3.63, 3.8) is 0 Å². The van der Waals surface area contributed by atoms with E-state index >= 15 is 0 Å². The quantitative estimate of drug-likeness (QED) is 0.791. The van der Waals surface area contributed by atoms with Gasteiger partial charge in [0.05, 0.1) is 16.7 Å². The number of hydrogen-bond donors (Lipinski definition) is 2. The molecule has 0 fully saturated rings. The highest BCUT2D eigenvalue weighted by Gasteiger charge is 2.13. The maximum atomic E-state index is 12.1. The van der Waals surface area contributed by atoms with Crippen LogP contribution < -0.4 is 5.32 Å². The summed E-state index contributed by atoms with van der Waals surface area (Å²) < 4.78 is 0. The summed E-state index contributed by atoms with van der Waals surface area (Å²) in [6.07, 6.45) is 1.22. The summed E-state index contributed by atoms with van der Waals surface area (Å²) in [6, 6.07) is 12.2. The molecule has 0 spiro atoms. The van der Waals surface area contributed by atoms with E-state index in [0.29, 0.717) is 10.6 Å². The molecule has 116 valence electrons. The van der Waals surface area contributed by atoms with Crippen LogP contribution in [0.4, 0.5) is 0 Å². The van der Waals surface area contributed by atoms with Crippen LogP contribution >= 0.6 is 35.0 Å². The highest BCUT2D eigenvalue weighted by Crippen LogP contribution is 2.21. The molecular weight excluding hydrogens is 341 g/mol. The van der Waals surface area contributed by atoms with Gasteiger partial charge in [0.15, 0.2) is 0 Å². The number of benzene rings is 2. The first kappa shape index (κ1) is 17.2. The molecule has 0 heterocycles. The fraction of sp³-hybridized carbons (Fsp3) is 0.188. The number of amides is 1. The van der Waals surface area contributed by atoms with E-state index in [9.17, 15) is 9.90 Å². The van der Waals surface area contributed by atoms with Crippen molar-refractivity contribution in [3.8, 4) is 0 Å². The first-order valence-electron chi connectivity index (χ1n) is 6.56. The number of nitrogens with one attached hydrogen (secondary N) is 1. The Kier molecular flexibility index (Phi) is 6.15. The van der Waals surface area contributed by atoms with E-state index in [1.54, 1.807) is 23.9 Å². The molecule has 6 heteroatoms. The van der Waals surface area contributed by atoms with Gasteiger partial charge in [0.2, 0.25) is 0 Å². The van der Waals surface area contributed by atoms with Crippen LogP contribution in [0.5, 0.6) is 0 Å². The molecule has 3 nitrogen and oxygen atoms in total. The van der Waals surface area contributed by atoms with Crippen LogP contribution in [-0.4, -0.2) is 23.8 Å². The van der Waals surface area contributed by atoms with Crippen molar-refractivity contribution in [2.75, 3.05) is 12.8 Å². The van der Waals surface area contributed by atoms with Crippen LogP contribution in [0.25, 0.3) is 0 Å². The third-order valence-electron chi connectivity index (χ3n) is 3.13. The van der Waals surface area contributed by atoms with Crippen LogP contribution in [0.15, 0.2) is 47.4 Å². The lowest BCUT2D eigenvalue weighted by molar-refractivity contribution is 0.0916. The van der Waals surface area contributed by atoms with Gasteiger partial charge in [0.25, 0.3) is 5.91 Å². The number of aliphatic hydroxyl groups excluding tert-OH is 1. The number of thioether (sulfide) groups is 1. The SMILES string of the molecule is CSc1ccc(C(O)CNC(=O)c2ccc(Cl)cc2Cl)cc1. The molecule has 2 aromatic carbocycles. The highest BCUT2D eigenvalue weighted by atomic mass is 35.5. The predicted octanol–water partition coefficient (Wildman–Crippen LogP) is 4.18. The summed E-state index contributed by atoms with van der Waals surface area (Å²) in [5.41, 5.74) is 1.08. The lowest BCUT2D eigenvalue weighted by Crippen LogP contribution is -2.28. The Hall–Kier alpha value is -1.20. The molecule has 1 atom stereocenters. The Morgan fingerprint density at radius 1 is 1.23 bits per heavy atom. The number of aliphatic hydroxyl groups is 1. The van der Waals surface area contributed by atoms with Gasteiger partial charge in [-0.05, 0) is 42.2 Å². The fourth-order valence-corrected chi connectivity index (χ4v) is 2.80. The van der Waals surface area contributed by atoms with Gasteiger partial charge in [-0.2, -0.15) is 0 Å². The fourth-order valence-electron chi connectivity index (χ4n) is 1.90. The molecule has 0 saturated heterocycles. The van der Waals surface area contributed by atoms with Crippen LogP contribution in [0.1, 0.15) is 22.0 Å². The van der Waals surface area contributed by atoms with Crippen molar-refractivity contribution in [3.05, 3.63) is 63.6 Å². The van der Waals surface area contributed by atoms with Gasteiger partial charge in [0, 0.05) is 16.5 Å². The van der Waals surface area contributed by atoms with E-state index in [1.807, 2.05) is 30.5 Å². The van der Waals surface area contributed by atoms with Crippen molar-refractivity contribution >= 4 is 40.9 Å². The van der Waals surface area contributed by atoms with Gasteiger partial charge in [0.1, 0.15) is 0 Å². The molecule has 22 heavy (non-hydrogen) atoms. The van der Waals surface area contributed by atoms with E-state index in [2.05, 4.69) is 5.32 Å². The zero-order valence-corrected chi connectivity index (χ0v) is 14.2. The molecule has 0 aromatic heterocycles. The second-order valence-electron chi connectivity index (χ2n) is 4.62. The molecule has 0 bridgehead atoms. The zero-order valence-electron chi connectivity index (χ0n) is 11.8. The van der Waals surface area contributed by atoms with Crippen molar-refractivity contribution in [2.24, 2.45) is 0 Å². The van der Waals surface area contributed by atoms with Crippen molar-refractivity contribution in [1.82, 2.24) is 5.32 Å². The molecule has 2 rings (SSSR count). The van der Waals surface area contributed by atoms with E-state index in [1.165, 1.54) is 6.07 Å². The van der Waals surface area contributed by atoms with Gasteiger partial charge in [-0.15, -0.1) is 11.8 Å². The standard InChI is InChI=1S/C16H15Cl2NO2S/c1-22-12-5-2-10(3-6-12)15(20)9-19-16(21)13-7-4-11(17)8-14(13)18/h2-8,15,20H,9H2,1H3,(H,19,21). The Bertz CT molecular complexity index is 662. The maximum Gasteiger partial charge on any atom is 0.252 e. The normalized spacial score (nSPS) is 12.0. The summed E-state index contributed by atoms with van der Waals surface area (Å²) in [5, 5.41) is 13.5. The molecule has 1 amide bonds. The highest BCUT2D eigenvalue weighted by molar-refractivity contribution is 7.98. The molecule has 0 aliphatic heterocycles. The van der Waals surface area contributed by atoms with Crippen molar-refractivity contribution in [1.29, 1.82) is 0 Å². The minimum Gasteiger partial charge on any atom is -0.387 e. The van der Waals surface area contributed by atoms with Crippen LogP contribution in [0, 0.1) is 0 Å². The number of hydrogen-bond acceptors (Lipinski definition) is 3. The molecule has 0 radical (unpaired) electrons. The molecule has 0 saturated carbocycles. The van der Waals surface area contributed by atoms with Crippen LogP contribution in [0.3, 0.4) is 0 Å². The Labute approximate surface area is 143 Å². The first-order valence-corrected chi connectivity index (χ1v) is 8.54. The van der Waals surface area contributed by atoms with Gasteiger partial charge in [-0.25, -0.2) is 0 Å². The third kappa shape index (κ3) is 4.40. The Morgan fingerprint density at radius 3 is 2.50 bits per heavy atom. The van der Waals surface area contributed by atoms with Crippen molar-refractivity contribution < 1.29 is 9.90 Å². The topological polar surface area (TPSA) is 49.3 Å². The van der Waals surface area contributed by atoms with Crippen molar-refractivity contribution in [2.45, 2.75) is 11.0 Å². The minimum atomic E-state index is -0.772. The molecule has 0 aliphatic rings. The van der Waals surface area contributed by atoms with E-state index in [-0.39, 0.29) is 17.5 Å². The number of carbonyl (C=O) groups excluding carboxylic acids is 1. The summed E-state index contributed by atoms with van der Waals surface area (Å²) >= 11 is 13.4. The van der Waals surface area contributed by atoms with E-state index in [4.69, 9.17) is 23.2 Å². The second-order valence-corrected chi connectivity index (χ2v) is 6.35.